The monoisotopic (exact) mass is 213 g/mol. The number of alkyl halides is 1. The molecule has 3 nitrogen and oxygen atoms in total. The second kappa shape index (κ2) is 4.86. The molecule has 14 heavy (non-hydrogen) atoms. The van der Waals surface area contributed by atoms with Crippen molar-refractivity contribution in [3.8, 4) is 5.75 Å². The van der Waals surface area contributed by atoms with E-state index in [1.165, 1.54) is 6.07 Å². The van der Waals surface area contributed by atoms with E-state index in [-0.39, 0.29) is 23.3 Å². The highest BCUT2D eigenvalue weighted by Crippen LogP contribution is 2.15. The van der Waals surface area contributed by atoms with Gasteiger partial charge in [-0.1, -0.05) is 12.1 Å². The lowest BCUT2D eigenvalue weighted by molar-refractivity contribution is 0.0941. The number of carbonyl (C=O) groups excluding carboxylic acids is 1. The van der Waals surface area contributed by atoms with Crippen LogP contribution in [-0.2, 0) is 0 Å². The fourth-order valence-corrected chi connectivity index (χ4v) is 1.08. The second-order valence-corrected chi connectivity index (χ2v) is 3.35. The van der Waals surface area contributed by atoms with Gasteiger partial charge in [0, 0.05) is 11.9 Å². The zero-order chi connectivity index (χ0) is 10.6. The van der Waals surface area contributed by atoms with Gasteiger partial charge in [-0.3, -0.25) is 4.79 Å². The number of phenols is 1. The highest BCUT2D eigenvalue weighted by atomic mass is 35.5. The summed E-state index contributed by atoms with van der Waals surface area (Å²) >= 11 is 5.55. The van der Waals surface area contributed by atoms with E-state index in [4.69, 9.17) is 11.6 Å². The zero-order valence-corrected chi connectivity index (χ0v) is 8.58. The average molecular weight is 214 g/mol. The zero-order valence-electron chi connectivity index (χ0n) is 7.83. The summed E-state index contributed by atoms with van der Waals surface area (Å²) in [6.07, 6.45) is 0. The van der Waals surface area contributed by atoms with Crippen molar-refractivity contribution < 1.29 is 9.90 Å². The van der Waals surface area contributed by atoms with Gasteiger partial charge in [-0.25, -0.2) is 0 Å². The van der Waals surface area contributed by atoms with Crippen molar-refractivity contribution in [1.82, 2.24) is 5.32 Å². The van der Waals surface area contributed by atoms with Crippen molar-refractivity contribution in [3.63, 3.8) is 0 Å². The van der Waals surface area contributed by atoms with E-state index in [1.54, 1.807) is 25.1 Å². The fourth-order valence-electron chi connectivity index (χ4n) is 1.01. The molecule has 0 fully saturated rings. The number of benzene rings is 1. The first-order valence-electron chi connectivity index (χ1n) is 4.30. The lowest BCUT2D eigenvalue weighted by Gasteiger charge is -2.10. The third kappa shape index (κ3) is 2.64. The first-order valence-corrected chi connectivity index (χ1v) is 4.83. The van der Waals surface area contributed by atoms with Crippen LogP contribution in [0.25, 0.3) is 0 Å². The van der Waals surface area contributed by atoms with Crippen LogP contribution in [-0.4, -0.2) is 22.9 Å². The molecule has 0 saturated heterocycles. The van der Waals surface area contributed by atoms with Crippen molar-refractivity contribution in [2.45, 2.75) is 13.0 Å². The molecule has 0 aromatic heterocycles. The molecule has 0 spiro atoms. The van der Waals surface area contributed by atoms with E-state index in [1.807, 2.05) is 0 Å². The van der Waals surface area contributed by atoms with Gasteiger partial charge in [0.2, 0.25) is 0 Å². The Balaban J connectivity index is 2.75. The number of para-hydroxylation sites is 1. The highest BCUT2D eigenvalue weighted by Gasteiger charge is 2.11. The second-order valence-electron chi connectivity index (χ2n) is 3.05. The fraction of sp³-hybridized carbons (Fsp3) is 0.300. The maximum Gasteiger partial charge on any atom is 0.255 e. The maximum atomic E-state index is 11.5. The molecule has 76 valence electrons. The van der Waals surface area contributed by atoms with Crippen LogP contribution >= 0.6 is 11.6 Å². The Morgan fingerprint density at radius 3 is 2.79 bits per heavy atom. The van der Waals surface area contributed by atoms with Crippen molar-refractivity contribution in [2.24, 2.45) is 0 Å². The summed E-state index contributed by atoms with van der Waals surface area (Å²) in [6.45, 7) is 1.80. The Labute approximate surface area is 87.7 Å². The molecule has 1 rings (SSSR count). The molecule has 0 saturated carbocycles. The largest absolute Gasteiger partial charge is 0.507 e. The van der Waals surface area contributed by atoms with Crippen molar-refractivity contribution in [2.75, 3.05) is 5.88 Å². The number of halogens is 1. The molecule has 0 bridgehead atoms. The Bertz CT molecular complexity index is 328. The Morgan fingerprint density at radius 1 is 1.57 bits per heavy atom. The van der Waals surface area contributed by atoms with Crippen LogP contribution in [0.3, 0.4) is 0 Å². The molecule has 0 radical (unpaired) electrons. The minimum absolute atomic E-state index is 0.0215. The van der Waals surface area contributed by atoms with Crippen molar-refractivity contribution >= 4 is 17.5 Å². The minimum atomic E-state index is -0.309. The summed E-state index contributed by atoms with van der Waals surface area (Å²) in [6, 6.07) is 6.28. The third-order valence-electron chi connectivity index (χ3n) is 1.76. The van der Waals surface area contributed by atoms with E-state index >= 15 is 0 Å². The first kappa shape index (κ1) is 10.9. The summed E-state index contributed by atoms with van der Waals surface area (Å²) in [4.78, 5) is 11.5. The molecule has 4 heteroatoms. The Morgan fingerprint density at radius 2 is 2.21 bits per heavy atom. The number of amides is 1. The third-order valence-corrected chi connectivity index (χ3v) is 2.22. The van der Waals surface area contributed by atoms with Gasteiger partial charge in [-0.15, -0.1) is 11.6 Å². The molecule has 0 aliphatic rings. The maximum absolute atomic E-state index is 11.5. The summed E-state index contributed by atoms with van der Waals surface area (Å²) < 4.78 is 0. The van der Waals surface area contributed by atoms with Crippen LogP contribution < -0.4 is 5.32 Å². The summed E-state index contributed by atoms with van der Waals surface area (Å²) in [5, 5.41) is 12.0. The topological polar surface area (TPSA) is 49.3 Å². The molecule has 1 aromatic rings. The quantitative estimate of drug-likeness (QED) is 0.752. The molecule has 0 aliphatic carbocycles. The lowest BCUT2D eigenvalue weighted by Crippen LogP contribution is -2.33. The number of hydrogen-bond acceptors (Lipinski definition) is 2. The van der Waals surface area contributed by atoms with Crippen LogP contribution in [0.4, 0.5) is 0 Å². The predicted octanol–water partition coefficient (Wildman–Crippen LogP) is 1.75. The molecule has 1 amide bonds. The van der Waals surface area contributed by atoms with E-state index < -0.39 is 0 Å². The molecule has 0 heterocycles. The van der Waals surface area contributed by atoms with E-state index in [0.29, 0.717) is 5.88 Å². The number of phenolic OH excluding ortho intramolecular Hbond substituents is 1. The van der Waals surface area contributed by atoms with Crippen molar-refractivity contribution in [1.29, 1.82) is 0 Å². The van der Waals surface area contributed by atoms with Crippen LogP contribution in [0, 0.1) is 0 Å². The van der Waals surface area contributed by atoms with Crippen molar-refractivity contribution in [3.05, 3.63) is 29.8 Å². The molecule has 1 aromatic carbocycles. The van der Waals surface area contributed by atoms with Gasteiger partial charge in [0.1, 0.15) is 5.75 Å². The van der Waals surface area contributed by atoms with Crippen LogP contribution in [0.5, 0.6) is 5.75 Å². The Hall–Kier alpha value is -1.22. The van der Waals surface area contributed by atoms with E-state index in [2.05, 4.69) is 5.32 Å². The van der Waals surface area contributed by atoms with Gasteiger partial charge >= 0.3 is 0 Å². The lowest BCUT2D eigenvalue weighted by atomic mass is 10.2. The predicted molar refractivity (Wildman–Crippen MR) is 55.8 cm³/mol. The van der Waals surface area contributed by atoms with E-state index in [0.717, 1.165) is 0 Å². The van der Waals surface area contributed by atoms with Gasteiger partial charge in [0.15, 0.2) is 0 Å². The number of carbonyl (C=O) groups is 1. The van der Waals surface area contributed by atoms with Gasteiger partial charge in [-0.2, -0.15) is 0 Å². The SMILES string of the molecule is CC(CCl)NC(=O)c1ccccc1O. The van der Waals surface area contributed by atoms with Crippen LogP contribution in [0.15, 0.2) is 24.3 Å². The molecule has 2 N–H and O–H groups in total. The molecule has 0 aliphatic heterocycles. The van der Waals surface area contributed by atoms with Gasteiger partial charge in [0.05, 0.1) is 5.56 Å². The summed E-state index contributed by atoms with van der Waals surface area (Å²) in [5.41, 5.74) is 0.268. The number of hydrogen-bond donors (Lipinski definition) is 2. The summed E-state index contributed by atoms with van der Waals surface area (Å²) in [7, 11) is 0. The normalized spacial score (nSPS) is 12.1. The van der Waals surface area contributed by atoms with E-state index in [9.17, 15) is 9.90 Å². The number of rotatable bonds is 3. The smallest absolute Gasteiger partial charge is 0.255 e. The van der Waals surface area contributed by atoms with Gasteiger partial charge in [-0.05, 0) is 19.1 Å². The molecule has 1 unspecified atom stereocenters. The summed E-state index contributed by atoms with van der Waals surface area (Å²) in [5.74, 6) is 0.0160. The van der Waals surface area contributed by atoms with Crippen LogP contribution in [0.2, 0.25) is 0 Å². The van der Waals surface area contributed by atoms with Gasteiger partial charge in [0.25, 0.3) is 5.91 Å². The minimum Gasteiger partial charge on any atom is -0.507 e. The molecular weight excluding hydrogens is 202 g/mol. The molecular formula is C10H12ClNO2. The van der Waals surface area contributed by atoms with Gasteiger partial charge < -0.3 is 10.4 Å². The Kier molecular flexibility index (Phi) is 3.77. The standard InChI is InChI=1S/C10H12ClNO2/c1-7(6-11)12-10(14)8-4-2-3-5-9(8)13/h2-5,7,13H,6H2,1H3,(H,12,14). The first-order chi connectivity index (χ1) is 6.65. The number of nitrogens with one attached hydrogen (secondary N) is 1. The average Bonchev–Trinajstić information content (AvgIpc) is 2.18. The number of aromatic hydroxyl groups is 1. The molecule has 1 atom stereocenters. The highest BCUT2D eigenvalue weighted by molar-refractivity contribution is 6.18. The van der Waals surface area contributed by atoms with Crippen LogP contribution in [0.1, 0.15) is 17.3 Å².